The summed E-state index contributed by atoms with van der Waals surface area (Å²) in [5.74, 6) is 0. The van der Waals surface area contributed by atoms with Crippen LogP contribution in [0, 0.1) is 5.41 Å². The zero-order chi connectivity index (χ0) is 10.8. The van der Waals surface area contributed by atoms with Crippen LogP contribution in [0.5, 0.6) is 0 Å². The number of rotatable bonds is 3. The summed E-state index contributed by atoms with van der Waals surface area (Å²) in [5.41, 5.74) is 6.16. The Balaban J connectivity index is 2.71. The quantitative estimate of drug-likeness (QED) is 0.812. The molecule has 14 heavy (non-hydrogen) atoms. The molecule has 0 amide bonds. The van der Waals surface area contributed by atoms with Gasteiger partial charge in [0.15, 0.2) is 4.34 Å². The lowest BCUT2D eigenvalue weighted by Gasteiger charge is -2.32. The number of nitrogens with zero attached hydrogens (tertiary/aromatic N) is 2. The molecule has 3 nitrogen and oxygen atoms in total. The fraction of sp³-hybridized carbons (Fsp3) is 0.778. The second-order valence-corrected chi connectivity index (χ2v) is 6.64. The SMILES string of the molecule is CC(N)C(Sc1ncns1)C(C)(C)C. The van der Waals surface area contributed by atoms with Gasteiger partial charge in [0.2, 0.25) is 0 Å². The highest BCUT2D eigenvalue weighted by Crippen LogP contribution is 2.36. The van der Waals surface area contributed by atoms with Gasteiger partial charge in [-0.3, -0.25) is 0 Å². The molecule has 0 fully saturated rings. The molecular formula is C9H17N3S2. The van der Waals surface area contributed by atoms with E-state index in [2.05, 4.69) is 30.1 Å². The van der Waals surface area contributed by atoms with Crippen LogP contribution in [0.15, 0.2) is 10.7 Å². The molecule has 1 rings (SSSR count). The predicted octanol–water partition coefficient (Wildman–Crippen LogP) is 2.39. The van der Waals surface area contributed by atoms with Gasteiger partial charge in [0.05, 0.1) is 0 Å². The number of hydrogen-bond donors (Lipinski definition) is 1. The van der Waals surface area contributed by atoms with E-state index < -0.39 is 0 Å². The van der Waals surface area contributed by atoms with Gasteiger partial charge in [-0.05, 0) is 23.9 Å². The molecule has 5 heteroatoms. The summed E-state index contributed by atoms with van der Waals surface area (Å²) in [6, 6.07) is 0.156. The fourth-order valence-electron chi connectivity index (χ4n) is 1.40. The third kappa shape index (κ3) is 3.22. The van der Waals surface area contributed by atoms with Gasteiger partial charge in [0.1, 0.15) is 6.33 Å². The first-order chi connectivity index (χ1) is 6.41. The maximum absolute atomic E-state index is 5.97. The molecule has 1 aromatic rings. The van der Waals surface area contributed by atoms with E-state index in [1.165, 1.54) is 11.5 Å². The van der Waals surface area contributed by atoms with Gasteiger partial charge >= 0.3 is 0 Å². The monoisotopic (exact) mass is 231 g/mol. The van der Waals surface area contributed by atoms with Gasteiger partial charge in [0.25, 0.3) is 0 Å². The molecule has 0 aromatic carbocycles. The van der Waals surface area contributed by atoms with Gasteiger partial charge < -0.3 is 5.73 Å². The smallest absolute Gasteiger partial charge is 0.170 e. The fourth-order valence-corrected chi connectivity index (χ4v) is 3.18. The summed E-state index contributed by atoms with van der Waals surface area (Å²) in [5, 5.41) is 0.371. The van der Waals surface area contributed by atoms with Crippen molar-refractivity contribution in [3.63, 3.8) is 0 Å². The average molecular weight is 231 g/mol. The summed E-state index contributed by atoms with van der Waals surface area (Å²) < 4.78 is 4.99. The molecule has 2 N–H and O–H groups in total. The lowest BCUT2D eigenvalue weighted by atomic mass is 9.88. The van der Waals surface area contributed by atoms with E-state index in [9.17, 15) is 0 Å². The van der Waals surface area contributed by atoms with Crippen LogP contribution in [-0.2, 0) is 0 Å². The zero-order valence-electron chi connectivity index (χ0n) is 9.02. The Bertz CT molecular complexity index is 264. The van der Waals surface area contributed by atoms with Crippen LogP contribution >= 0.6 is 23.3 Å². The van der Waals surface area contributed by atoms with Crippen LogP contribution < -0.4 is 5.73 Å². The molecule has 1 heterocycles. The molecule has 0 bridgehead atoms. The maximum atomic E-state index is 5.97. The highest BCUT2D eigenvalue weighted by Gasteiger charge is 2.29. The molecule has 0 saturated heterocycles. The minimum atomic E-state index is 0.156. The number of thioether (sulfide) groups is 1. The molecule has 0 radical (unpaired) electrons. The van der Waals surface area contributed by atoms with Crippen LogP contribution in [0.3, 0.4) is 0 Å². The summed E-state index contributed by atoms with van der Waals surface area (Å²) in [6.45, 7) is 8.66. The predicted molar refractivity (Wildman–Crippen MR) is 62.7 cm³/mol. The van der Waals surface area contributed by atoms with E-state index >= 15 is 0 Å². The van der Waals surface area contributed by atoms with Crippen molar-refractivity contribution >= 4 is 23.3 Å². The van der Waals surface area contributed by atoms with Gasteiger partial charge in [-0.15, -0.1) is 0 Å². The van der Waals surface area contributed by atoms with E-state index in [0.717, 1.165) is 4.34 Å². The highest BCUT2D eigenvalue weighted by molar-refractivity contribution is 8.01. The van der Waals surface area contributed by atoms with Gasteiger partial charge in [-0.1, -0.05) is 32.5 Å². The standard InChI is InChI=1S/C9H17N3S2/c1-6(10)7(9(2,3)4)13-8-11-5-12-14-8/h5-7H,10H2,1-4H3. The van der Waals surface area contributed by atoms with Crippen LogP contribution in [0.25, 0.3) is 0 Å². The number of hydrogen-bond acceptors (Lipinski definition) is 5. The first-order valence-electron chi connectivity index (χ1n) is 4.60. The van der Waals surface area contributed by atoms with E-state index in [4.69, 9.17) is 5.73 Å². The number of aromatic nitrogens is 2. The van der Waals surface area contributed by atoms with Crippen molar-refractivity contribution in [2.75, 3.05) is 0 Å². The van der Waals surface area contributed by atoms with Crippen molar-refractivity contribution in [3.05, 3.63) is 6.33 Å². The van der Waals surface area contributed by atoms with Gasteiger partial charge in [0, 0.05) is 11.3 Å². The Morgan fingerprint density at radius 1 is 1.50 bits per heavy atom. The van der Waals surface area contributed by atoms with Crippen LogP contribution in [-0.4, -0.2) is 20.6 Å². The molecule has 0 spiro atoms. The molecule has 2 atom stereocenters. The van der Waals surface area contributed by atoms with Crippen molar-refractivity contribution in [1.29, 1.82) is 0 Å². The largest absolute Gasteiger partial charge is 0.327 e. The Kier molecular flexibility index (Phi) is 3.92. The lowest BCUT2D eigenvalue weighted by Crippen LogP contribution is -2.38. The summed E-state index contributed by atoms with van der Waals surface area (Å²) in [7, 11) is 0. The van der Waals surface area contributed by atoms with Gasteiger partial charge in [-0.2, -0.15) is 4.37 Å². The second-order valence-electron chi connectivity index (χ2n) is 4.47. The van der Waals surface area contributed by atoms with E-state index in [-0.39, 0.29) is 11.5 Å². The molecule has 0 aliphatic carbocycles. The van der Waals surface area contributed by atoms with E-state index in [0.29, 0.717) is 5.25 Å². The Hall–Kier alpha value is -0.130. The molecule has 1 aromatic heterocycles. The minimum absolute atomic E-state index is 0.156. The molecule has 2 unspecified atom stereocenters. The summed E-state index contributed by atoms with van der Waals surface area (Å²) >= 11 is 3.16. The third-order valence-electron chi connectivity index (χ3n) is 1.90. The summed E-state index contributed by atoms with van der Waals surface area (Å²) in [4.78, 5) is 4.17. The van der Waals surface area contributed by atoms with Crippen molar-refractivity contribution in [2.24, 2.45) is 11.1 Å². The minimum Gasteiger partial charge on any atom is -0.327 e. The lowest BCUT2D eigenvalue weighted by molar-refractivity contribution is 0.363. The van der Waals surface area contributed by atoms with Crippen molar-refractivity contribution in [2.45, 2.75) is 43.3 Å². The van der Waals surface area contributed by atoms with Crippen LogP contribution in [0.4, 0.5) is 0 Å². The molecular weight excluding hydrogens is 214 g/mol. The van der Waals surface area contributed by atoms with Crippen LogP contribution in [0.1, 0.15) is 27.7 Å². The normalized spacial score (nSPS) is 16.6. The first-order valence-corrected chi connectivity index (χ1v) is 6.25. The van der Waals surface area contributed by atoms with Crippen molar-refractivity contribution in [1.82, 2.24) is 9.36 Å². The molecule has 80 valence electrons. The maximum Gasteiger partial charge on any atom is 0.170 e. The van der Waals surface area contributed by atoms with Crippen molar-refractivity contribution < 1.29 is 0 Å². The molecule has 0 saturated carbocycles. The Morgan fingerprint density at radius 2 is 2.14 bits per heavy atom. The highest BCUT2D eigenvalue weighted by atomic mass is 32.2. The van der Waals surface area contributed by atoms with E-state index in [1.54, 1.807) is 18.1 Å². The van der Waals surface area contributed by atoms with E-state index in [1.807, 2.05) is 6.92 Å². The molecule has 0 aliphatic heterocycles. The molecule has 0 aliphatic rings. The second kappa shape index (κ2) is 4.59. The number of nitrogens with two attached hydrogens (primary N) is 1. The van der Waals surface area contributed by atoms with Crippen molar-refractivity contribution in [3.8, 4) is 0 Å². The Morgan fingerprint density at radius 3 is 2.50 bits per heavy atom. The average Bonchev–Trinajstić information content (AvgIpc) is 2.48. The van der Waals surface area contributed by atoms with Gasteiger partial charge in [-0.25, -0.2) is 4.98 Å². The Labute approximate surface area is 93.7 Å². The summed E-state index contributed by atoms with van der Waals surface area (Å²) in [6.07, 6.45) is 1.59. The first kappa shape index (κ1) is 11.9. The third-order valence-corrected chi connectivity index (χ3v) is 4.57. The topological polar surface area (TPSA) is 51.8 Å². The zero-order valence-corrected chi connectivity index (χ0v) is 10.7. The van der Waals surface area contributed by atoms with Crippen LogP contribution in [0.2, 0.25) is 0 Å².